The minimum Gasteiger partial charge on any atom is -0.493 e. The second-order valence-corrected chi connectivity index (χ2v) is 9.14. The molecular weight excluding hydrogens is 396 g/mol. The lowest BCUT2D eigenvalue weighted by Gasteiger charge is -2.36. The molecule has 1 fully saturated rings. The number of halogens is 1. The van der Waals surface area contributed by atoms with E-state index in [2.05, 4.69) is 21.2 Å². The number of fused-ring (bicyclic) bond motifs is 1. The van der Waals surface area contributed by atoms with Crippen molar-refractivity contribution in [3.63, 3.8) is 0 Å². The molecule has 26 heavy (non-hydrogen) atoms. The van der Waals surface area contributed by atoms with Crippen LogP contribution in [0, 0.1) is 11.3 Å². The molecule has 0 radical (unpaired) electrons. The van der Waals surface area contributed by atoms with Crippen LogP contribution in [0.25, 0.3) is 0 Å². The number of hydrogen-bond acceptors (Lipinski definition) is 3. The summed E-state index contributed by atoms with van der Waals surface area (Å²) in [4.78, 5) is 27.3. The first-order chi connectivity index (χ1) is 12.3. The first kappa shape index (κ1) is 19.2. The molecule has 1 N–H and O–H groups in total. The number of hydrogen-bond donors (Lipinski definition) is 1. The Bertz CT molecular complexity index is 699. The molecule has 0 aromatic heterocycles. The highest BCUT2D eigenvalue weighted by atomic mass is 79.9. The van der Waals surface area contributed by atoms with Crippen molar-refractivity contribution in [1.82, 2.24) is 10.2 Å². The maximum Gasteiger partial charge on any atom is 0.227 e. The molecule has 0 bridgehead atoms. The molecule has 2 amide bonds. The van der Waals surface area contributed by atoms with Crippen LogP contribution in [0.5, 0.6) is 5.75 Å². The molecule has 0 saturated carbocycles. The lowest BCUT2D eigenvalue weighted by Crippen LogP contribution is -2.49. The lowest BCUT2D eigenvalue weighted by atomic mass is 9.90. The van der Waals surface area contributed by atoms with Gasteiger partial charge in [0.1, 0.15) is 5.75 Å². The highest BCUT2D eigenvalue weighted by Gasteiger charge is 2.34. The van der Waals surface area contributed by atoms with Crippen molar-refractivity contribution >= 4 is 27.7 Å². The van der Waals surface area contributed by atoms with Crippen LogP contribution in [-0.2, 0) is 9.59 Å². The zero-order valence-electron chi connectivity index (χ0n) is 15.7. The molecule has 1 aromatic carbocycles. The number of amides is 2. The summed E-state index contributed by atoms with van der Waals surface area (Å²) in [5, 5.41) is 3.19. The van der Waals surface area contributed by atoms with Gasteiger partial charge in [0.15, 0.2) is 0 Å². The fourth-order valence-electron chi connectivity index (χ4n) is 3.65. The monoisotopic (exact) mass is 422 g/mol. The molecule has 5 nitrogen and oxygen atoms in total. The summed E-state index contributed by atoms with van der Waals surface area (Å²) in [5.41, 5.74) is 0.599. The van der Waals surface area contributed by atoms with E-state index in [1.165, 1.54) is 0 Å². The molecule has 0 aliphatic carbocycles. The third kappa shape index (κ3) is 4.22. The van der Waals surface area contributed by atoms with Gasteiger partial charge in [0.05, 0.1) is 18.6 Å². The van der Waals surface area contributed by atoms with E-state index in [1.807, 2.05) is 43.9 Å². The van der Waals surface area contributed by atoms with E-state index in [0.29, 0.717) is 13.2 Å². The average molecular weight is 423 g/mol. The standard InChI is InChI=1S/C20H27BrN2O3/c1-20(2,3)19(25)23-9-4-5-13(12-23)18(24)22-16-8-10-26-17-7-6-14(21)11-15(16)17/h6-7,11,13,16H,4-5,8-10,12H2,1-3H3,(H,22,24). The van der Waals surface area contributed by atoms with Crippen LogP contribution < -0.4 is 10.1 Å². The maximum absolute atomic E-state index is 12.9. The molecule has 2 heterocycles. The third-order valence-corrected chi connectivity index (χ3v) is 5.54. The number of nitrogens with zero attached hydrogens (tertiary/aromatic N) is 1. The number of piperidine rings is 1. The van der Waals surface area contributed by atoms with E-state index in [9.17, 15) is 9.59 Å². The van der Waals surface area contributed by atoms with Gasteiger partial charge >= 0.3 is 0 Å². The zero-order valence-corrected chi connectivity index (χ0v) is 17.3. The number of rotatable bonds is 2. The first-order valence-corrected chi connectivity index (χ1v) is 10.1. The molecule has 2 atom stereocenters. The minimum absolute atomic E-state index is 0.0363. The van der Waals surface area contributed by atoms with E-state index in [4.69, 9.17) is 4.74 Å². The van der Waals surface area contributed by atoms with E-state index in [-0.39, 0.29) is 23.8 Å². The van der Waals surface area contributed by atoms with Crippen LogP contribution >= 0.6 is 15.9 Å². The van der Waals surface area contributed by atoms with E-state index < -0.39 is 5.41 Å². The topological polar surface area (TPSA) is 58.6 Å². The van der Waals surface area contributed by atoms with Crippen molar-refractivity contribution in [3.05, 3.63) is 28.2 Å². The zero-order chi connectivity index (χ0) is 18.9. The Balaban J connectivity index is 1.67. The van der Waals surface area contributed by atoms with Crippen LogP contribution in [-0.4, -0.2) is 36.4 Å². The fraction of sp³-hybridized carbons (Fsp3) is 0.600. The summed E-state index contributed by atoms with van der Waals surface area (Å²) in [6.45, 7) is 7.63. The summed E-state index contributed by atoms with van der Waals surface area (Å²) in [5.74, 6) is 0.844. The fourth-order valence-corrected chi connectivity index (χ4v) is 4.03. The smallest absolute Gasteiger partial charge is 0.227 e. The van der Waals surface area contributed by atoms with Crippen molar-refractivity contribution in [1.29, 1.82) is 0 Å². The van der Waals surface area contributed by atoms with Gasteiger partial charge in [0, 0.05) is 35.0 Å². The Kier molecular flexibility index (Phi) is 5.61. The SMILES string of the molecule is CC(C)(C)C(=O)N1CCCC(C(=O)NC2CCOc3ccc(Br)cc32)C1. The summed E-state index contributed by atoms with van der Waals surface area (Å²) < 4.78 is 6.67. The van der Waals surface area contributed by atoms with Gasteiger partial charge in [-0.3, -0.25) is 9.59 Å². The Morgan fingerprint density at radius 2 is 2.04 bits per heavy atom. The van der Waals surface area contributed by atoms with E-state index in [1.54, 1.807) is 0 Å². The number of ether oxygens (including phenoxy) is 1. The summed E-state index contributed by atoms with van der Waals surface area (Å²) in [6.07, 6.45) is 2.46. The highest BCUT2D eigenvalue weighted by molar-refractivity contribution is 9.10. The van der Waals surface area contributed by atoms with Gasteiger partial charge in [-0.25, -0.2) is 0 Å². The molecule has 0 spiro atoms. The predicted molar refractivity (Wildman–Crippen MR) is 104 cm³/mol. The van der Waals surface area contributed by atoms with Crippen molar-refractivity contribution in [3.8, 4) is 5.75 Å². The number of likely N-dealkylation sites (tertiary alicyclic amines) is 1. The molecular formula is C20H27BrN2O3. The molecule has 142 valence electrons. The van der Waals surface area contributed by atoms with Gasteiger partial charge in [-0.1, -0.05) is 36.7 Å². The Hall–Kier alpha value is -1.56. The molecule has 1 saturated heterocycles. The number of carbonyl (C=O) groups is 2. The first-order valence-electron chi connectivity index (χ1n) is 9.27. The molecule has 6 heteroatoms. The normalized spacial score (nSPS) is 23.0. The predicted octanol–water partition coefficient (Wildman–Crippen LogP) is 3.67. The van der Waals surface area contributed by atoms with Crippen LogP contribution in [0.1, 0.15) is 51.6 Å². The number of nitrogens with one attached hydrogen (secondary N) is 1. The van der Waals surface area contributed by atoms with Crippen LogP contribution in [0.3, 0.4) is 0 Å². The summed E-state index contributed by atoms with van der Waals surface area (Å²) >= 11 is 3.49. The largest absolute Gasteiger partial charge is 0.493 e. The maximum atomic E-state index is 12.9. The summed E-state index contributed by atoms with van der Waals surface area (Å²) in [7, 11) is 0. The van der Waals surface area contributed by atoms with Gasteiger partial charge in [-0.2, -0.15) is 0 Å². The van der Waals surface area contributed by atoms with Gasteiger partial charge < -0.3 is 15.0 Å². The minimum atomic E-state index is -0.412. The Labute approximate surface area is 163 Å². The van der Waals surface area contributed by atoms with Crippen LogP contribution in [0.15, 0.2) is 22.7 Å². The number of benzene rings is 1. The van der Waals surface area contributed by atoms with Gasteiger partial charge in [0.2, 0.25) is 11.8 Å². The molecule has 3 rings (SSSR count). The molecule has 1 aromatic rings. The highest BCUT2D eigenvalue weighted by Crippen LogP contribution is 2.34. The van der Waals surface area contributed by atoms with Gasteiger partial charge in [0.25, 0.3) is 0 Å². The van der Waals surface area contributed by atoms with Crippen molar-refractivity contribution in [2.24, 2.45) is 11.3 Å². The summed E-state index contributed by atoms with van der Waals surface area (Å²) in [6, 6.07) is 5.84. The second kappa shape index (κ2) is 7.59. The number of carbonyl (C=O) groups excluding carboxylic acids is 2. The van der Waals surface area contributed by atoms with E-state index >= 15 is 0 Å². The van der Waals surface area contributed by atoms with Crippen LogP contribution in [0.2, 0.25) is 0 Å². The quantitative estimate of drug-likeness (QED) is 0.790. The van der Waals surface area contributed by atoms with E-state index in [0.717, 1.165) is 41.6 Å². The van der Waals surface area contributed by atoms with Crippen molar-refractivity contribution in [2.45, 2.75) is 46.1 Å². The Morgan fingerprint density at radius 1 is 1.27 bits per heavy atom. The van der Waals surface area contributed by atoms with Crippen molar-refractivity contribution < 1.29 is 14.3 Å². The second-order valence-electron chi connectivity index (χ2n) is 8.22. The molecule has 2 aliphatic rings. The van der Waals surface area contributed by atoms with Crippen LogP contribution in [0.4, 0.5) is 0 Å². The third-order valence-electron chi connectivity index (χ3n) is 5.05. The molecule has 2 unspecified atom stereocenters. The Morgan fingerprint density at radius 3 is 2.77 bits per heavy atom. The lowest BCUT2D eigenvalue weighted by molar-refractivity contribution is -0.143. The average Bonchev–Trinajstić information content (AvgIpc) is 2.61. The molecule has 2 aliphatic heterocycles. The van der Waals surface area contributed by atoms with Gasteiger partial charge in [-0.15, -0.1) is 0 Å². The van der Waals surface area contributed by atoms with Gasteiger partial charge in [-0.05, 0) is 31.0 Å². The van der Waals surface area contributed by atoms with Crippen molar-refractivity contribution in [2.75, 3.05) is 19.7 Å².